The third-order valence-corrected chi connectivity index (χ3v) is 6.17. The molecule has 2 fully saturated rings. The highest BCUT2D eigenvalue weighted by molar-refractivity contribution is 6.61. The lowest BCUT2D eigenvalue weighted by atomic mass is 9.67. The molecule has 2 bridgehead atoms. The average molecular weight is 396 g/mol. The molecule has 0 N–H and O–H groups in total. The summed E-state index contributed by atoms with van der Waals surface area (Å²) in [5.41, 5.74) is 2.51. The number of methoxy groups -OCH3 is 2. The first-order valence-electron chi connectivity index (χ1n) is 10.0. The van der Waals surface area contributed by atoms with Crippen molar-refractivity contribution in [3.63, 3.8) is 0 Å². The zero-order chi connectivity index (χ0) is 20.0. The van der Waals surface area contributed by atoms with Gasteiger partial charge in [0.1, 0.15) is 17.6 Å². The van der Waals surface area contributed by atoms with Crippen molar-refractivity contribution in [2.75, 3.05) is 20.8 Å². The van der Waals surface area contributed by atoms with Crippen LogP contribution >= 0.6 is 0 Å². The highest BCUT2D eigenvalue weighted by Crippen LogP contribution is 2.52. The van der Waals surface area contributed by atoms with Gasteiger partial charge >= 0.3 is 7.12 Å². The molecule has 0 aromatic heterocycles. The molecule has 2 aromatic carbocycles. The van der Waals surface area contributed by atoms with E-state index < -0.39 is 12.7 Å². The molecule has 7 heteroatoms. The monoisotopic (exact) mass is 396 g/mol. The molecule has 2 heterocycles. The smallest absolute Gasteiger partial charge is 0.494 e. The number of rotatable bonds is 4. The Morgan fingerprint density at radius 1 is 1.03 bits per heavy atom. The van der Waals surface area contributed by atoms with Crippen molar-refractivity contribution in [3.05, 3.63) is 53.6 Å². The fourth-order valence-electron chi connectivity index (χ4n) is 4.80. The second-order valence-corrected chi connectivity index (χ2v) is 7.82. The summed E-state index contributed by atoms with van der Waals surface area (Å²) in [4.78, 5) is 0. The van der Waals surface area contributed by atoms with E-state index in [2.05, 4.69) is 0 Å². The Morgan fingerprint density at radius 3 is 2.48 bits per heavy atom. The SMILES string of the molecule is COc1ccc(OC)c2c1CC1([C@H]3CO[C@@H](C)O3)CC2OB(c2ccccc2)O1. The van der Waals surface area contributed by atoms with Gasteiger partial charge in [-0.25, -0.2) is 0 Å². The molecule has 0 spiro atoms. The molecule has 3 aliphatic rings. The van der Waals surface area contributed by atoms with Gasteiger partial charge in [0.15, 0.2) is 6.29 Å². The molecule has 2 unspecified atom stereocenters. The third-order valence-electron chi connectivity index (χ3n) is 6.17. The summed E-state index contributed by atoms with van der Waals surface area (Å²) in [6.07, 6.45) is 0.699. The van der Waals surface area contributed by atoms with Gasteiger partial charge in [-0.05, 0) is 24.5 Å². The minimum atomic E-state index is -0.569. The van der Waals surface area contributed by atoms with Crippen molar-refractivity contribution in [1.82, 2.24) is 0 Å². The molecule has 29 heavy (non-hydrogen) atoms. The third kappa shape index (κ3) is 3.13. The first-order valence-corrected chi connectivity index (χ1v) is 10.0. The zero-order valence-electron chi connectivity index (χ0n) is 16.9. The van der Waals surface area contributed by atoms with Crippen molar-refractivity contribution in [1.29, 1.82) is 0 Å². The lowest BCUT2D eigenvalue weighted by Gasteiger charge is -2.50. The van der Waals surface area contributed by atoms with Crippen LogP contribution in [0.5, 0.6) is 11.5 Å². The molecule has 0 radical (unpaired) electrons. The quantitative estimate of drug-likeness (QED) is 0.741. The molecule has 5 rings (SSSR count). The molecular weight excluding hydrogens is 371 g/mol. The van der Waals surface area contributed by atoms with Gasteiger partial charge in [-0.3, -0.25) is 0 Å². The van der Waals surface area contributed by atoms with Crippen molar-refractivity contribution in [2.24, 2.45) is 0 Å². The Labute approximate surface area is 171 Å². The van der Waals surface area contributed by atoms with Gasteiger partial charge in [-0.2, -0.15) is 0 Å². The molecule has 152 valence electrons. The van der Waals surface area contributed by atoms with E-state index in [1.165, 1.54) is 0 Å². The van der Waals surface area contributed by atoms with Crippen LogP contribution in [-0.4, -0.2) is 45.9 Å². The van der Waals surface area contributed by atoms with Crippen molar-refractivity contribution >= 4 is 12.6 Å². The Bertz CT molecular complexity index is 890. The van der Waals surface area contributed by atoms with E-state index in [0.717, 1.165) is 28.1 Å². The highest BCUT2D eigenvalue weighted by Gasteiger charge is 2.56. The number of ether oxygens (including phenoxy) is 4. The Morgan fingerprint density at radius 2 is 1.79 bits per heavy atom. The minimum Gasteiger partial charge on any atom is -0.496 e. The number of hydrogen-bond donors (Lipinski definition) is 0. The average Bonchev–Trinajstić information content (AvgIpc) is 3.20. The molecule has 2 saturated heterocycles. The van der Waals surface area contributed by atoms with Gasteiger partial charge in [0.05, 0.1) is 32.5 Å². The Kier molecular flexibility index (Phi) is 4.78. The molecule has 0 saturated carbocycles. The normalized spacial score (nSPS) is 30.7. The van der Waals surface area contributed by atoms with Crippen LogP contribution in [-0.2, 0) is 25.2 Å². The maximum absolute atomic E-state index is 6.67. The van der Waals surface area contributed by atoms with E-state index >= 15 is 0 Å². The maximum atomic E-state index is 6.67. The largest absolute Gasteiger partial charge is 0.496 e. The van der Waals surface area contributed by atoms with Crippen molar-refractivity contribution in [2.45, 2.75) is 43.9 Å². The Balaban J connectivity index is 1.62. The summed E-state index contributed by atoms with van der Waals surface area (Å²) in [6.45, 7) is 2.42. The van der Waals surface area contributed by atoms with Crippen LogP contribution < -0.4 is 14.9 Å². The van der Waals surface area contributed by atoms with Crippen LogP contribution in [0, 0.1) is 0 Å². The standard InChI is InChI=1S/C22H25BO6/c1-14-26-13-20(27-14)22-11-16-17(24-2)9-10-18(25-3)21(16)19(12-22)28-23(29-22)15-7-5-4-6-8-15/h4-10,14,19-20H,11-13H2,1-3H3/t14-,19?,20-,22?/m1/s1. The van der Waals surface area contributed by atoms with Crippen LogP contribution in [0.3, 0.4) is 0 Å². The van der Waals surface area contributed by atoms with Gasteiger partial charge < -0.3 is 28.3 Å². The van der Waals surface area contributed by atoms with E-state index in [0.29, 0.717) is 19.4 Å². The number of benzene rings is 2. The summed E-state index contributed by atoms with van der Waals surface area (Å²) in [7, 11) is 2.89. The van der Waals surface area contributed by atoms with E-state index in [4.69, 9.17) is 28.3 Å². The Hall–Kier alpha value is -2.06. The maximum Gasteiger partial charge on any atom is 0.494 e. The van der Waals surface area contributed by atoms with Gasteiger partial charge in [-0.15, -0.1) is 0 Å². The lowest BCUT2D eigenvalue weighted by molar-refractivity contribution is -0.146. The minimum absolute atomic E-state index is 0.181. The molecule has 2 aliphatic heterocycles. The van der Waals surface area contributed by atoms with Crippen LogP contribution in [0.2, 0.25) is 0 Å². The highest BCUT2D eigenvalue weighted by atomic mass is 16.7. The zero-order valence-corrected chi connectivity index (χ0v) is 16.9. The fraction of sp³-hybridized carbons (Fsp3) is 0.455. The van der Waals surface area contributed by atoms with E-state index in [-0.39, 0.29) is 18.5 Å². The molecule has 1 aliphatic carbocycles. The van der Waals surface area contributed by atoms with Crippen LogP contribution in [0.15, 0.2) is 42.5 Å². The van der Waals surface area contributed by atoms with E-state index in [1.54, 1.807) is 14.2 Å². The second kappa shape index (κ2) is 7.33. The summed E-state index contributed by atoms with van der Waals surface area (Å²) < 4.78 is 36.4. The summed E-state index contributed by atoms with van der Waals surface area (Å²) in [5, 5.41) is 0. The summed E-state index contributed by atoms with van der Waals surface area (Å²) in [5.74, 6) is 1.62. The number of fused-ring (bicyclic) bond motifs is 4. The van der Waals surface area contributed by atoms with Crippen LogP contribution in [0.4, 0.5) is 0 Å². The van der Waals surface area contributed by atoms with Gasteiger partial charge in [0, 0.05) is 24.0 Å². The molecule has 0 amide bonds. The lowest BCUT2D eigenvalue weighted by Crippen LogP contribution is -2.61. The first-order chi connectivity index (χ1) is 14.1. The van der Waals surface area contributed by atoms with Crippen molar-refractivity contribution in [3.8, 4) is 11.5 Å². The number of hydrogen-bond acceptors (Lipinski definition) is 6. The topological polar surface area (TPSA) is 55.4 Å². The molecule has 4 atom stereocenters. The van der Waals surface area contributed by atoms with Gasteiger partial charge in [-0.1, -0.05) is 30.3 Å². The van der Waals surface area contributed by atoms with Crippen molar-refractivity contribution < 1.29 is 28.3 Å². The molecular formula is C22H25BO6. The predicted molar refractivity (Wildman–Crippen MR) is 108 cm³/mol. The summed E-state index contributed by atoms with van der Waals surface area (Å²) in [6, 6.07) is 13.9. The summed E-state index contributed by atoms with van der Waals surface area (Å²) >= 11 is 0. The van der Waals surface area contributed by atoms with E-state index in [9.17, 15) is 0 Å². The van der Waals surface area contributed by atoms with Gasteiger partial charge in [0.25, 0.3) is 0 Å². The fourth-order valence-corrected chi connectivity index (χ4v) is 4.80. The predicted octanol–water partition coefficient (Wildman–Crippen LogP) is 2.63. The molecule has 2 aromatic rings. The van der Waals surface area contributed by atoms with Crippen LogP contribution in [0.1, 0.15) is 30.6 Å². The van der Waals surface area contributed by atoms with Gasteiger partial charge in [0.2, 0.25) is 0 Å². The van der Waals surface area contributed by atoms with E-state index in [1.807, 2.05) is 49.4 Å². The second-order valence-electron chi connectivity index (χ2n) is 7.82. The van der Waals surface area contributed by atoms with Crippen LogP contribution in [0.25, 0.3) is 0 Å². The molecule has 6 nitrogen and oxygen atoms in total. The first kappa shape index (κ1) is 18.9.